The molecule has 0 saturated heterocycles. The van der Waals surface area contributed by atoms with Gasteiger partial charge < -0.3 is 9.84 Å². The molecule has 0 amide bonds. The number of phenolic OH excluding ortho intramolecular Hbond substituents is 1. The second-order valence-electron chi connectivity index (χ2n) is 5.08. The molecular formula is C19H20O3. The molecule has 22 heavy (non-hydrogen) atoms. The number of allylic oxidation sites excluding steroid dienone is 1. The van der Waals surface area contributed by atoms with Crippen molar-refractivity contribution in [2.24, 2.45) is 0 Å². The van der Waals surface area contributed by atoms with E-state index in [1.807, 2.05) is 24.3 Å². The molecule has 0 bridgehead atoms. The molecular weight excluding hydrogens is 276 g/mol. The number of carbonyl (C=O) groups excluding carboxylic acids is 1. The van der Waals surface area contributed by atoms with Gasteiger partial charge in [-0.15, -0.1) is 0 Å². The SMILES string of the molecule is CCCc1ccc(C(=O)/C=C/c2ccc(OC)c(O)c2)cc1. The number of ketones is 1. The molecule has 2 rings (SSSR count). The molecule has 0 aliphatic heterocycles. The summed E-state index contributed by atoms with van der Waals surface area (Å²) in [5.74, 6) is 0.411. The van der Waals surface area contributed by atoms with E-state index in [2.05, 4.69) is 6.92 Å². The van der Waals surface area contributed by atoms with Gasteiger partial charge in [-0.3, -0.25) is 4.79 Å². The summed E-state index contributed by atoms with van der Waals surface area (Å²) >= 11 is 0. The van der Waals surface area contributed by atoms with Crippen LogP contribution in [0.5, 0.6) is 11.5 Å². The van der Waals surface area contributed by atoms with Crippen LogP contribution in [0.4, 0.5) is 0 Å². The number of aromatic hydroxyl groups is 1. The van der Waals surface area contributed by atoms with Gasteiger partial charge in [0.2, 0.25) is 0 Å². The molecule has 2 aromatic carbocycles. The van der Waals surface area contributed by atoms with Gasteiger partial charge in [-0.05, 0) is 35.8 Å². The fourth-order valence-electron chi connectivity index (χ4n) is 2.20. The number of ether oxygens (including phenoxy) is 1. The standard InChI is InChI=1S/C19H20O3/c1-3-4-14-5-9-16(10-6-14)17(20)11-7-15-8-12-19(22-2)18(21)13-15/h5-13,21H,3-4H2,1-2H3/b11-7+. The van der Waals surface area contributed by atoms with Gasteiger partial charge in [0.1, 0.15) is 0 Å². The average molecular weight is 296 g/mol. The number of phenols is 1. The molecule has 0 spiro atoms. The first kappa shape index (κ1) is 15.8. The fraction of sp³-hybridized carbons (Fsp3) is 0.211. The van der Waals surface area contributed by atoms with Crippen molar-refractivity contribution >= 4 is 11.9 Å². The van der Waals surface area contributed by atoms with Gasteiger partial charge in [-0.1, -0.05) is 49.8 Å². The third-order valence-corrected chi connectivity index (χ3v) is 3.41. The van der Waals surface area contributed by atoms with E-state index >= 15 is 0 Å². The lowest BCUT2D eigenvalue weighted by Gasteiger charge is -2.03. The summed E-state index contributed by atoms with van der Waals surface area (Å²) in [5.41, 5.74) is 2.64. The van der Waals surface area contributed by atoms with Crippen molar-refractivity contribution in [2.75, 3.05) is 7.11 Å². The van der Waals surface area contributed by atoms with E-state index in [0.29, 0.717) is 11.3 Å². The van der Waals surface area contributed by atoms with Crippen molar-refractivity contribution in [3.05, 3.63) is 65.2 Å². The van der Waals surface area contributed by atoms with Crippen LogP contribution in [0.15, 0.2) is 48.5 Å². The van der Waals surface area contributed by atoms with E-state index in [-0.39, 0.29) is 11.5 Å². The zero-order chi connectivity index (χ0) is 15.9. The van der Waals surface area contributed by atoms with Crippen LogP contribution in [0.25, 0.3) is 6.08 Å². The van der Waals surface area contributed by atoms with Crippen LogP contribution in [-0.2, 0) is 6.42 Å². The predicted molar refractivity (Wildman–Crippen MR) is 88.5 cm³/mol. The molecule has 3 heteroatoms. The summed E-state index contributed by atoms with van der Waals surface area (Å²) in [4.78, 5) is 12.1. The highest BCUT2D eigenvalue weighted by atomic mass is 16.5. The number of aryl methyl sites for hydroxylation is 1. The molecule has 0 unspecified atom stereocenters. The molecule has 114 valence electrons. The van der Waals surface area contributed by atoms with E-state index < -0.39 is 0 Å². The number of benzene rings is 2. The fourth-order valence-corrected chi connectivity index (χ4v) is 2.20. The minimum atomic E-state index is -0.0571. The Labute approximate surface area is 130 Å². The zero-order valence-electron chi connectivity index (χ0n) is 12.9. The topological polar surface area (TPSA) is 46.5 Å². The molecule has 0 radical (unpaired) electrons. The second kappa shape index (κ2) is 7.46. The Morgan fingerprint density at radius 3 is 2.50 bits per heavy atom. The van der Waals surface area contributed by atoms with Crippen molar-refractivity contribution in [3.8, 4) is 11.5 Å². The number of carbonyl (C=O) groups is 1. The van der Waals surface area contributed by atoms with E-state index in [1.165, 1.54) is 18.7 Å². The highest BCUT2D eigenvalue weighted by Gasteiger charge is 2.03. The molecule has 3 nitrogen and oxygen atoms in total. The quantitative estimate of drug-likeness (QED) is 0.640. The van der Waals surface area contributed by atoms with Crippen LogP contribution >= 0.6 is 0 Å². The maximum absolute atomic E-state index is 12.1. The van der Waals surface area contributed by atoms with Crippen LogP contribution in [0.2, 0.25) is 0 Å². The first-order chi connectivity index (χ1) is 10.6. The summed E-state index contributed by atoms with van der Waals surface area (Å²) < 4.78 is 4.98. The molecule has 1 N–H and O–H groups in total. The second-order valence-corrected chi connectivity index (χ2v) is 5.08. The maximum Gasteiger partial charge on any atom is 0.185 e. The van der Waals surface area contributed by atoms with Crippen molar-refractivity contribution in [1.82, 2.24) is 0 Å². The normalized spacial score (nSPS) is 10.8. The smallest absolute Gasteiger partial charge is 0.185 e. The van der Waals surface area contributed by atoms with Gasteiger partial charge in [0.15, 0.2) is 17.3 Å². The van der Waals surface area contributed by atoms with Crippen LogP contribution < -0.4 is 4.74 Å². The third kappa shape index (κ3) is 3.98. The highest BCUT2D eigenvalue weighted by molar-refractivity contribution is 6.06. The van der Waals surface area contributed by atoms with Crippen molar-refractivity contribution < 1.29 is 14.6 Å². The zero-order valence-corrected chi connectivity index (χ0v) is 12.9. The molecule has 0 fully saturated rings. The number of rotatable bonds is 6. The molecule has 2 aromatic rings. The van der Waals surface area contributed by atoms with Gasteiger partial charge in [0.05, 0.1) is 7.11 Å². The Morgan fingerprint density at radius 1 is 1.18 bits per heavy atom. The molecule has 0 aliphatic rings. The number of hydrogen-bond acceptors (Lipinski definition) is 3. The summed E-state index contributed by atoms with van der Waals surface area (Å²) in [7, 11) is 1.50. The van der Waals surface area contributed by atoms with E-state index in [9.17, 15) is 9.90 Å². The van der Waals surface area contributed by atoms with Crippen LogP contribution in [0.1, 0.15) is 34.8 Å². The molecule has 0 aromatic heterocycles. The highest BCUT2D eigenvalue weighted by Crippen LogP contribution is 2.26. The summed E-state index contributed by atoms with van der Waals surface area (Å²) in [5, 5.41) is 9.71. The lowest BCUT2D eigenvalue weighted by atomic mass is 10.0. The molecule has 0 heterocycles. The van der Waals surface area contributed by atoms with Gasteiger partial charge in [0.25, 0.3) is 0 Å². The van der Waals surface area contributed by atoms with E-state index in [0.717, 1.165) is 18.4 Å². The summed E-state index contributed by atoms with van der Waals surface area (Å²) in [6.07, 6.45) is 5.31. The first-order valence-corrected chi connectivity index (χ1v) is 7.32. The number of hydrogen-bond donors (Lipinski definition) is 1. The van der Waals surface area contributed by atoms with Gasteiger partial charge in [0, 0.05) is 5.56 Å². The monoisotopic (exact) mass is 296 g/mol. The predicted octanol–water partition coefficient (Wildman–Crippen LogP) is 4.25. The van der Waals surface area contributed by atoms with Crippen molar-refractivity contribution in [3.63, 3.8) is 0 Å². The third-order valence-electron chi connectivity index (χ3n) is 3.41. The summed E-state index contributed by atoms with van der Waals surface area (Å²) in [6.45, 7) is 2.13. The van der Waals surface area contributed by atoms with Gasteiger partial charge in [-0.25, -0.2) is 0 Å². The minimum absolute atomic E-state index is 0.0565. The first-order valence-electron chi connectivity index (χ1n) is 7.32. The van der Waals surface area contributed by atoms with Crippen molar-refractivity contribution in [1.29, 1.82) is 0 Å². The molecule has 0 aliphatic carbocycles. The Hall–Kier alpha value is -2.55. The Bertz CT molecular complexity index is 670. The Morgan fingerprint density at radius 2 is 1.91 bits per heavy atom. The van der Waals surface area contributed by atoms with Crippen LogP contribution in [-0.4, -0.2) is 18.0 Å². The molecule has 0 atom stereocenters. The van der Waals surface area contributed by atoms with Crippen LogP contribution in [0, 0.1) is 0 Å². The number of methoxy groups -OCH3 is 1. The lowest BCUT2D eigenvalue weighted by molar-refractivity contribution is 0.104. The Balaban J connectivity index is 2.09. The largest absolute Gasteiger partial charge is 0.504 e. The summed E-state index contributed by atoms with van der Waals surface area (Å²) in [6, 6.07) is 12.7. The average Bonchev–Trinajstić information content (AvgIpc) is 2.54. The maximum atomic E-state index is 12.1. The Kier molecular flexibility index (Phi) is 5.37. The molecule has 0 saturated carbocycles. The van der Waals surface area contributed by atoms with Crippen molar-refractivity contribution in [2.45, 2.75) is 19.8 Å². The van der Waals surface area contributed by atoms with Gasteiger partial charge >= 0.3 is 0 Å². The van der Waals surface area contributed by atoms with E-state index in [1.54, 1.807) is 24.3 Å². The van der Waals surface area contributed by atoms with Crippen LogP contribution in [0.3, 0.4) is 0 Å². The lowest BCUT2D eigenvalue weighted by Crippen LogP contribution is -1.94. The van der Waals surface area contributed by atoms with Gasteiger partial charge in [-0.2, -0.15) is 0 Å². The minimum Gasteiger partial charge on any atom is -0.504 e. The van der Waals surface area contributed by atoms with E-state index in [4.69, 9.17) is 4.74 Å².